The number of ether oxygens (including phenoxy) is 3. The second-order valence-corrected chi connectivity index (χ2v) is 11.8. The average molecular weight is 651 g/mol. The van der Waals surface area contributed by atoms with Crippen molar-refractivity contribution in [3.63, 3.8) is 0 Å². The molecule has 0 unspecified atom stereocenters. The number of hydrogen-bond acceptors (Lipinski definition) is 11. The molecule has 0 aliphatic carbocycles. The Balaban J connectivity index is 0.000000186. The number of nitrogens with one attached hydrogen (secondary N) is 2. The summed E-state index contributed by atoms with van der Waals surface area (Å²) in [5.41, 5.74) is 6.63. The fourth-order valence-corrected chi connectivity index (χ4v) is 6.32. The molecule has 6 rings (SSSR count). The van der Waals surface area contributed by atoms with Crippen molar-refractivity contribution in [1.29, 1.82) is 0 Å². The molecule has 2 aliphatic rings. The fourth-order valence-electron chi connectivity index (χ4n) is 6.32. The van der Waals surface area contributed by atoms with Crippen LogP contribution < -0.4 is 10.6 Å². The van der Waals surface area contributed by atoms with Crippen LogP contribution >= 0.6 is 0 Å². The Kier molecular flexibility index (Phi) is 12.0. The van der Waals surface area contributed by atoms with E-state index in [1.165, 1.54) is 0 Å². The van der Waals surface area contributed by atoms with Crippen molar-refractivity contribution in [1.82, 2.24) is 29.5 Å². The van der Waals surface area contributed by atoms with E-state index in [1.807, 2.05) is 36.3 Å². The Morgan fingerprint density at radius 2 is 1.30 bits per heavy atom. The second-order valence-electron chi connectivity index (χ2n) is 11.8. The molecule has 47 heavy (non-hydrogen) atoms. The number of carbonyl (C=O) groups excluding carboxylic acids is 1. The van der Waals surface area contributed by atoms with E-state index >= 15 is 0 Å². The SMILES string of the molecule is CCOC(=O)c1c(CC)nc2c(cnn2CC)c1NC1CCOCC1.CCc1nc2c(cnn2CC)c(NC2CCOCC2)c1CO. The standard InChI is InChI=1S/C18H26N4O3.C16H24N4O2/c1-4-14-15(18(23)25-6-3)16(20-12-7-9-24-10-8-12)13-11-19-22(5-2)17(13)21-14;1-3-14-13(10-21)15(18-11-5-7-22-8-6-11)12-9-17-20(4-2)16(12)19-14/h11-12H,4-10H2,1-3H3,(H,20,21);9,11,21H,3-8,10H2,1-2H3,(H,18,19). The Hall–Kier alpha value is -3.81. The van der Waals surface area contributed by atoms with E-state index in [4.69, 9.17) is 24.2 Å². The largest absolute Gasteiger partial charge is 0.462 e. The van der Waals surface area contributed by atoms with Crippen LogP contribution in [0.4, 0.5) is 11.4 Å². The molecule has 4 aromatic heterocycles. The van der Waals surface area contributed by atoms with Gasteiger partial charge in [-0.15, -0.1) is 0 Å². The Labute approximate surface area is 276 Å². The number of aromatic nitrogens is 6. The molecule has 4 aromatic rings. The van der Waals surface area contributed by atoms with Crippen molar-refractivity contribution in [2.24, 2.45) is 0 Å². The molecule has 3 N–H and O–H groups in total. The fraction of sp³-hybridized carbons (Fsp3) is 0.618. The summed E-state index contributed by atoms with van der Waals surface area (Å²) in [5, 5.41) is 27.8. The maximum atomic E-state index is 12.7. The van der Waals surface area contributed by atoms with Gasteiger partial charge in [0.15, 0.2) is 11.3 Å². The number of nitrogens with zero attached hydrogens (tertiary/aromatic N) is 6. The summed E-state index contributed by atoms with van der Waals surface area (Å²) < 4.78 is 20.0. The number of aliphatic hydroxyl groups excluding tert-OH is 1. The molecule has 0 saturated carbocycles. The van der Waals surface area contributed by atoms with E-state index in [2.05, 4.69) is 34.7 Å². The summed E-state index contributed by atoms with van der Waals surface area (Å²) in [6.45, 7) is 14.9. The molecule has 0 amide bonds. The van der Waals surface area contributed by atoms with Gasteiger partial charge in [0.05, 0.1) is 59.1 Å². The lowest BCUT2D eigenvalue weighted by atomic mass is 10.0. The van der Waals surface area contributed by atoms with Gasteiger partial charge >= 0.3 is 5.97 Å². The van der Waals surface area contributed by atoms with Crippen LogP contribution in [0.1, 0.15) is 87.6 Å². The molecule has 0 spiro atoms. The van der Waals surface area contributed by atoms with Crippen molar-refractivity contribution < 1.29 is 24.1 Å². The summed E-state index contributed by atoms with van der Waals surface area (Å²) in [4.78, 5) is 22.1. The molecule has 13 nitrogen and oxygen atoms in total. The molecule has 0 bridgehead atoms. The average Bonchev–Trinajstić information content (AvgIpc) is 3.73. The van der Waals surface area contributed by atoms with Crippen molar-refractivity contribution in [2.45, 2.75) is 105 Å². The van der Waals surface area contributed by atoms with Crippen LogP contribution in [0.15, 0.2) is 12.4 Å². The van der Waals surface area contributed by atoms with Gasteiger partial charge in [-0.1, -0.05) is 13.8 Å². The van der Waals surface area contributed by atoms with Crippen LogP contribution in [-0.4, -0.2) is 85.7 Å². The molecule has 13 heteroatoms. The van der Waals surface area contributed by atoms with Gasteiger partial charge < -0.3 is 30.0 Å². The van der Waals surface area contributed by atoms with Gasteiger partial charge in [0.25, 0.3) is 0 Å². The van der Waals surface area contributed by atoms with Crippen LogP contribution in [0, 0.1) is 0 Å². The molecule has 6 heterocycles. The van der Waals surface area contributed by atoms with E-state index < -0.39 is 0 Å². The Bertz CT molecular complexity index is 1640. The minimum Gasteiger partial charge on any atom is -0.462 e. The first-order valence-electron chi connectivity index (χ1n) is 17.2. The molecule has 0 aromatic carbocycles. The van der Waals surface area contributed by atoms with E-state index in [-0.39, 0.29) is 18.6 Å². The van der Waals surface area contributed by atoms with Gasteiger partial charge in [-0.25, -0.2) is 24.1 Å². The number of pyridine rings is 2. The second kappa shape index (κ2) is 16.3. The first-order valence-corrected chi connectivity index (χ1v) is 17.2. The number of aliphatic hydroxyl groups is 1. The van der Waals surface area contributed by atoms with Gasteiger partial charge in [-0.05, 0) is 59.3 Å². The maximum absolute atomic E-state index is 12.7. The van der Waals surface area contributed by atoms with Crippen LogP contribution in [0.2, 0.25) is 0 Å². The number of fused-ring (bicyclic) bond motifs is 2. The molecule has 0 radical (unpaired) electrons. The number of carbonyl (C=O) groups is 1. The van der Waals surface area contributed by atoms with Crippen molar-refractivity contribution in [2.75, 3.05) is 43.7 Å². The third kappa shape index (κ3) is 7.52. The highest BCUT2D eigenvalue weighted by molar-refractivity contribution is 6.05. The quantitative estimate of drug-likeness (QED) is 0.191. The first kappa shape index (κ1) is 34.5. The lowest BCUT2D eigenvalue weighted by Gasteiger charge is -2.26. The molecule has 0 atom stereocenters. The van der Waals surface area contributed by atoms with Crippen molar-refractivity contribution in [3.05, 3.63) is 34.9 Å². The number of esters is 1. The third-order valence-electron chi connectivity index (χ3n) is 8.88. The van der Waals surface area contributed by atoms with Gasteiger partial charge in [-0.3, -0.25) is 0 Å². The maximum Gasteiger partial charge on any atom is 0.342 e. The summed E-state index contributed by atoms with van der Waals surface area (Å²) in [6.07, 6.45) is 8.88. The highest BCUT2D eigenvalue weighted by Crippen LogP contribution is 2.33. The summed E-state index contributed by atoms with van der Waals surface area (Å²) in [6, 6.07) is 0.640. The number of hydrogen-bond donors (Lipinski definition) is 3. The predicted octanol–water partition coefficient (Wildman–Crippen LogP) is 4.88. The highest BCUT2D eigenvalue weighted by atomic mass is 16.5. The number of anilines is 2. The van der Waals surface area contributed by atoms with Crippen LogP contribution in [-0.2, 0) is 46.7 Å². The van der Waals surface area contributed by atoms with Gasteiger partial charge in [0, 0.05) is 57.2 Å². The molecule has 2 fully saturated rings. The zero-order valence-corrected chi connectivity index (χ0v) is 28.5. The third-order valence-corrected chi connectivity index (χ3v) is 8.88. The number of aryl methyl sites for hydroxylation is 4. The smallest absolute Gasteiger partial charge is 0.342 e. The van der Waals surface area contributed by atoms with Crippen LogP contribution in [0.3, 0.4) is 0 Å². The Morgan fingerprint density at radius 1 is 0.809 bits per heavy atom. The zero-order valence-electron chi connectivity index (χ0n) is 28.5. The molecule has 2 aliphatic heterocycles. The first-order chi connectivity index (χ1) is 23.0. The van der Waals surface area contributed by atoms with E-state index in [9.17, 15) is 9.90 Å². The van der Waals surface area contributed by atoms with Crippen molar-refractivity contribution >= 4 is 39.4 Å². The topological polar surface area (TPSA) is 150 Å². The summed E-state index contributed by atoms with van der Waals surface area (Å²) in [7, 11) is 0. The van der Waals surface area contributed by atoms with Gasteiger partial charge in [0.2, 0.25) is 0 Å². The summed E-state index contributed by atoms with van der Waals surface area (Å²) in [5.74, 6) is -0.326. The molecule has 2 saturated heterocycles. The molecular formula is C34H50N8O5. The lowest BCUT2D eigenvalue weighted by Crippen LogP contribution is -2.29. The monoisotopic (exact) mass is 650 g/mol. The molecular weight excluding hydrogens is 600 g/mol. The van der Waals surface area contributed by atoms with Gasteiger partial charge in [0.1, 0.15) is 5.56 Å². The minimum absolute atomic E-state index is 0.00499. The van der Waals surface area contributed by atoms with Gasteiger partial charge in [-0.2, -0.15) is 10.2 Å². The predicted molar refractivity (Wildman–Crippen MR) is 182 cm³/mol. The van der Waals surface area contributed by atoms with E-state index in [0.29, 0.717) is 24.6 Å². The van der Waals surface area contributed by atoms with E-state index in [1.54, 1.807) is 6.20 Å². The minimum atomic E-state index is -0.326. The zero-order chi connectivity index (χ0) is 33.3. The highest BCUT2D eigenvalue weighted by Gasteiger charge is 2.26. The van der Waals surface area contributed by atoms with Crippen molar-refractivity contribution in [3.8, 4) is 0 Å². The van der Waals surface area contributed by atoms with Crippen LogP contribution in [0.25, 0.3) is 22.1 Å². The lowest BCUT2D eigenvalue weighted by molar-refractivity contribution is 0.0525. The normalized spacial score (nSPS) is 15.9. The summed E-state index contributed by atoms with van der Waals surface area (Å²) >= 11 is 0. The molecule has 256 valence electrons. The van der Waals surface area contributed by atoms with E-state index in [0.717, 1.165) is 122 Å². The van der Waals surface area contributed by atoms with Crippen LogP contribution in [0.5, 0.6) is 0 Å². The number of rotatable bonds is 11. The Morgan fingerprint density at radius 3 is 1.77 bits per heavy atom.